The quantitative estimate of drug-likeness (QED) is 0.161. The van der Waals surface area contributed by atoms with E-state index in [9.17, 15) is 9.59 Å². The molecule has 1 heterocycles. The summed E-state index contributed by atoms with van der Waals surface area (Å²) < 4.78 is 5.87. The summed E-state index contributed by atoms with van der Waals surface area (Å²) in [4.78, 5) is 31.5. The van der Waals surface area contributed by atoms with Gasteiger partial charge in [-0.1, -0.05) is 66.2 Å². The lowest BCUT2D eigenvalue weighted by Gasteiger charge is -2.17. The molecule has 2 amide bonds. The van der Waals surface area contributed by atoms with Crippen LogP contribution in [-0.4, -0.2) is 16.8 Å². The molecule has 0 radical (unpaired) electrons. The zero-order valence-corrected chi connectivity index (χ0v) is 24.4. The lowest BCUT2D eigenvalue weighted by Crippen LogP contribution is -2.19. The highest BCUT2D eigenvalue weighted by Gasteiger charge is 2.22. The maximum absolute atomic E-state index is 13.6. The number of hydrogen-bond donors (Lipinski definition) is 2. The number of hydrogen-bond acceptors (Lipinski definition) is 5. The molecule has 6 nitrogen and oxygen atoms in total. The van der Waals surface area contributed by atoms with E-state index in [1.807, 2.05) is 115 Å². The van der Waals surface area contributed by atoms with Crippen molar-refractivity contribution in [2.24, 2.45) is 0 Å². The van der Waals surface area contributed by atoms with Gasteiger partial charge in [0.2, 0.25) is 17.7 Å². The minimum absolute atomic E-state index is 0.119. The topological polar surface area (TPSA) is 84.2 Å². The Morgan fingerprint density at radius 1 is 0.744 bits per heavy atom. The van der Waals surface area contributed by atoms with E-state index in [-0.39, 0.29) is 18.2 Å². The van der Waals surface area contributed by atoms with Gasteiger partial charge in [0.15, 0.2) is 5.58 Å². The summed E-state index contributed by atoms with van der Waals surface area (Å²) in [6, 6.07) is 39.4. The number of benzene rings is 5. The van der Waals surface area contributed by atoms with E-state index >= 15 is 0 Å². The first kappa shape index (κ1) is 28.3. The molecule has 0 aliphatic heterocycles. The fraction of sp³-hybridized carbons (Fsp3) is 0.0571. The third-order valence-corrected chi connectivity index (χ3v) is 8.22. The highest BCUT2D eigenvalue weighted by Crippen LogP contribution is 2.37. The van der Waals surface area contributed by atoms with Gasteiger partial charge in [0.25, 0.3) is 0 Å². The van der Waals surface area contributed by atoms with E-state index in [1.165, 1.54) is 11.8 Å². The molecule has 6 aromatic rings. The minimum Gasteiger partial charge on any atom is -0.436 e. The van der Waals surface area contributed by atoms with Gasteiger partial charge in [-0.3, -0.25) is 9.59 Å². The van der Waals surface area contributed by atoms with Gasteiger partial charge >= 0.3 is 0 Å². The van der Waals surface area contributed by atoms with E-state index in [4.69, 9.17) is 16.0 Å². The average molecular weight is 604 g/mol. The Bertz CT molecular complexity index is 1820. The van der Waals surface area contributed by atoms with Gasteiger partial charge in [-0.05, 0) is 83.9 Å². The molecule has 1 aromatic heterocycles. The average Bonchev–Trinajstić information content (AvgIpc) is 3.47. The molecule has 0 aliphatic carbocycles. The first-order chi connectivity index (χ1) is 21.0. The SMILES string of the molecule is O=C(Cc1ccc(Cl)cc1)Nc1ccc(SC(C(=O)Nc2ccc(-c3nc4ccccc4o3)cc2)c2ccccc2)cc1. The number of anilines is 2. The number of carbonyl (C=O) groups excluding carboxylic acids is 2. The highest BCUT2D eigenvalue weighted by molar-refractivity contribution is 8.00. The van der Waals surface area contributed by atoms with Crippen molar-refractivity contribution in [2.75, 3.05) is 10.6 Å². The summed E-state index contributed by atoms with van der Waals surface area (Å²) in [6.07, 6.45) is 0.250. The highest BCUT2D eigenvalue weighted by atomic mass is 35.5. The largest absolute Gasteiger partial charge is 0.436 e. The Balaban J connectivity index is 1.12. The van der Waals surface area contributed by atoms with E-state index < -0.39 is 5.25 Å². The van der Waals surface area contributed by atoms with E-state index in [2.05, 4.69) is 15.6 Å². The molecule has 0 saturated carbocycles. The number of fused-ring (bicyclic) bond motifs is 1. The molecule has 2 N–H and O–H groups in total. The lowest BCUT2D eigenvalue weighted by molar-refractivity contribution is -0.116. The standard InChI is InChI=1S/C35H26ClN3O3S/c36-26-14-10-23(11-15-26)22-32(40)37-27-18-20-29(21-19-27)43-33(24-6-2-1-3-7-24)34(41)38-28-16-12-25(13-17-28)35-39-30-8-4-5-9-31(30)42-35/h1-21,33H,22H2,(H,37,40)(H,38,41). The molecule has 0 spiro atoms. The summed E-state index contributed by atoms with van der Waals surface area (Å²) in [5, 5.41) is 6.12. The van der Waals surface area contributed by atoms with Crippen molar-refractivity contribution in [3.05, 3.63) is 144 Å². The van der Waals surface area contributed by atoms with Crippen LogP contribution in [0.25, 0.3) is 22.6 Å². The first-order valence-corrected chi connectivity index (χ1v) is 14.9. The van der Waals surface area contributed by atoms with Gasteiger partial charge in [0.05, 0.1) is 6.42 Å². The van der Waals surface area contributed by atoms with Crippen LogP contribution in [0, 0.1) is 0 Å². The van der Waals surface area contributed by atoms with Gasteiger partial charge in [-0.25, -0.2) is 4.98 Å². The van der Waals surface area contributed by atoms with Crippen LogP contribution in [0.1, 0.15) is 16.4 Å². The molecule has 5 aromatic carbocycles. The molecule has 0 aliphatic rings. The summed E-state index contributed by atoms with van der Waals surface area (Å²) in [6.45, 7) is 0. The molecular weight excluding hydrogens is 578 g/mol. The maximum Gasteiger partial charge on any atom is 0.242 e. The van der Waals surface area contributed by atoms with Crippen molar-refractivity contribution in [1.29, 1.82) is 0 Å². The van der Waals surface area contributed by atoms with Crippen molar-refractivity contribution < 1.29 is 14.0 Å². The smallest absolute Gasteiger partial charge is 0.242 e. The molecular formula is C35H26ClN3O3S. The second kappa shape index (κ2) is 13.0. The fourth-order valence-corrected chi connectivity index (χ4v) is 5.70. The van der Waals surface area contributed by atoms with Crippen molar-refractivity contribution >= 4 is 57.7 Å². The minimum atomic E-state index is -0.497. The number of halogens is 1. The number of nitrogens with zero attached hydrogens (tertiary/aromatic N) is 1. The number of carbonyl (C=O) groups is 2. The van der Waals surface area contributed by atoms with Crippen LogP contribution in [0.3, 0.4) is 0 Å². The Labute approximate surface area is 258 Å². The predicted molar refractivity (Wildman–Crippen MR) is 173 cm³/mol. The van der Waals surface area contributed by atoms with Gasteiger partial charge < -0.3 is 15.1 Å². The second-order valence-electron chi connectivity index (χ2n) is 9.84. The Morgan fingerprint density at radius 2 is 1.40 bits per heavy atom. The monoisotopic (exact) mass is 603 g/mol. The Hall–Kier alpha value is -4.85. The fourth-order valence-electron chi connectivity index (χ4n) is 4.55. The number of nitrogens with one attached hydrogen (secondary N) is 2. The number of para-hydroxylation sites is 2. The van der Waals surface area contributed by atoms with Gasteiger partial charge in [0.1, 0.15) is 10.8 Å². The van der Waals surface area contributed by atoms with Crippen LogP contribution < -0.4 is 10.6 Å². The number of thioether (sulfide) groups is 1. The number of aromatic nitrogens is 1. The molecule has 212 valence electrons. The zero-order chi connectivity index (χ0) is 29.6. The third-order valence-electron chi connectivity index (χ3n) is 6.70. The summed E-state index contributed by atoms with van der Waals surface area (Å²) in [5.41, 5.74) is 5.47. The summed E-state index contributed by atoms with van der Waals surface area (Å²) >= 11 is 7.37. The normalized spacial score (nSPS) is 11.7. The van der Waals surface area contributed by atoms with Gasteiger partial charge in [0, 0.05) is 26.9 Å². The second-order valence-corrected chi connectivity index (χ2v) is 11.5. The molecule has 0 fully saturated rings. The zero-order valence-electron chi connectivity index (χ0n) is 22.9. The Kier molecular flexibility index (Phi) is 8.54. The van der Waals surface area contributed by atoms with Crippen LogP contribution in [0.5, 0.6) is 0 Å². The van der Waals surface area contributed by atoms with E-state index in [0.29, 0.717) is 22.3 Å². The van der Waals surface area contributed by atoms with Gasteiger partial charge in [-0.15, -0.1) is 11.8 Å². The molecule has 0 saturated heterocycles. The molecule has 8 heteroatoms. The number of amides is 2. The first-order valence-electron chi connectivity index (χ1n) is 13.6. The maximum atomic E-state index is 13.6. The molecule has 0 bridgehead atoms. The van der Waals surface area contributed by atoms with Crippen LogP contribution in [0.15, 0.2) is 137 Å². The number of oxazole rings is 1. The van der Waals surface area contributed by atoms with Gasteiger partial charge in [-0.2, -0.15) is 0 Å². The molecule has 6 rings (SSSR count). The van der Waals surface area contributed by atoms with Crippen LogP contribution in [0.2, 0.25) is 5.02 Å². The van der Waals surface area contributed by atoms with Crippen molar-refractivity contribution in [3.63, 3.8) is 0 Å². The van der Waals surface area contributed by atoms with E-state index in [1.54, 1.807) is 12.1 Å². The Morgan fingerprint density at radius 3 is 2.12 bits per heavy atom. The summed E-state index contributed by atoms with van der Waals surface area (Å²) in [7, 11) is 0. The number of rotatable bonds is 9. The molecule has 1 atom stereocenters. The van der Waals surface area contributed by atoms with Crippen molar-refractivity contribution in [1.82, 2.24) is 4.98 Å². The van der Waals surface area contributed by atoms with Crippen LogP contribution in [0.4, 0.5) is 11.4 Å². The van der Waals surface area contributed by atoms with Crippen LogP contribution in [-0.2, 0) is 16.0 Å². The molecule has 43 heavy (non-hydrogen) atoms. The third kappa shape index (κ3) is 7.15. The summed E-state index contributed by atoms with van der Waals surface area (Å²) in [5.74, 6) is 0.263. The van der Waals surface area contributed by atoms with Crippen LogP contribution >= 0.6 is 23.4 Å². The van der Waals surface area contributed by atoms with Crippen molar-refractivity contribution in [2.45, 2.75) is 16.6 Å². The molecule has 1 unspecified atom stereocenters. The van der Waals surface area contributed by atoms with E-state index in [0.717, 1.165) is 32.7 Å². The van der Waals surface area contributed by atoms with Crippen molar-refractivity contribution in [3.8, 4) is 11.5 Å². The predicted octanol–water partition coefficient (Wildman–Crippen LogP) is 8.80. The lowest BCUT2D eigenvalue weighted by atomic mass is 10.1.